The topological polar surface area (TPSA) is 270 Å². The van der Waals surface area contributed by atoms with Gasteiger partial charge in [0.05, 0.1) is 35.8 Å². The van der Waals surface area contributed by atoms with E-state index in [1.54, 1.807) is 23.6 Å². The maximum absolute atomic E-state index is 13.2. The van der Waals surface area contributed by atoms with Crippen LogP contribution in [-0.2, 0) is 77.3 Å². The number of nitrogens with two attached hydrogens (primary N) is 1. The van der Waals surface area contributed by atoms with E-state index in [0.717, 1.165) is 33.4 Å². The van der Waals surface area contributed by atoms with Gasteiger partial charge in [0.2, 0.25) is 42.7 Å². The largest absolute Gasteiger partial charge is 0.389 e. The summed E-state index contributed by atoms with van der Waals surface area (Å²) in [4.78, 5) is 53.5. The zero-order chi connectivity index (χ0) is 53.6. The minimum absolute atomic E-state index is 0.0627. The lowest BCUT2D eigenvalue weighted by molar-refractivity contribution is -0.141. The maximum Gasteiger partial charge on any atom is 0.242 e. The second kappa shape index (κ2) is 30.2. The summed E-state index contributed by atoms with van der Waals surface area (Å²) in [6.07, 6.45) is -0.430. The first-order chi connectivity index (χ1) is 34.7. The molecule has 0 radical (unpaired) electrons. The van der Waals surface area contributed by atoms with E-state index in [2.05, 4.69) is 26.0 Å². The molecule has 73 heavy (non-hydrogen) atoms. The van der Waals surface area contributed by atoms with Crippen LogP contribution in [0.25, 0.3) is 0 Å². The predicted molar refractivity (Wildman–Crippen MR) is 284 cm³/mol. The Bertz CT molecular complexity index is 2600. The molecule has 0 bridgehead atoms. The Morgan fingerprint density at radius 2 is 1.04 bits per heavy atom. The van der Waals surface area contributed by atoms with Crippen molar-refractivity contribution in [2.45, 2.75) is 116 Å². The van der Waals surface area contributed by atoms with Crippen LogP contribution in [0.5, 0.6) is 0 Å². The molecule has 6 rings (SSSR count). The molecule has 400 valence electrons. The van der Waals surface area contributed by atoms with Gasteiger partial charge in [0, 0.05) is 76.9 Å². The average molecular weight is 1070 g/mol. The van der Waals surface area contributed by atoms with Crippen molar-refractivity contribution in [1.82, 2.24) is 35.8 Å². The molecule has 4 amide bonds. The molecule has 18 nitrogen and oxygen atoms in total. The summed E-state index contributed by atoms with van der Waals surface area (Å²) in [5.74, 6) is -0.803. The number of carbonyl (C=O) groups is 4. The van der Waals surface area contributed by atoms with Crippen molar-refractivity contribution in [2.24, 2.45) is 5.73 Å². The Labute approximate surface area is 435 Å². The zero-order valence-electron chi connectivity index (χ0n) is 42.1. The number of nitrogens with one attached hydrogen (secondary N) is 5. The van der Waals surface area contributed by atoms with Crippen molar-refractivity contribution in [3.63, 3.8) is 0 Å². The van der Waals surface area contributed by atoms with E-state index < -0.39 is 55.4 Å². The Balaban J connectivity index is 0.000000283. The summed E-state index contributed by atoms with van der Waals surface area (Å²) in [6, 6.07) is 31.5. The number of sulfonamides is 1. The van der Waals surface area contributed by atoms with E-state index in [1.165, 1.54) is 13.8 Å². The second-order valence-corrected chi connectivity index (χ2v) is 22.9. The minimum Gasteiger partial charge on any atom is -0.389 e. The summed E-state index contributed by atoms with van der Waals surface area (Å²) in [5, 5.41) is 34.2. The number of carbonyl (C=O) groups excluding carboxylic acids is 4. The second-order valence-electron chi connectivity index (χ2n) is 18.1. The monoisotopic (exact) mass is 1070 g/mol. The normalized spacial score (nSPS) is 17.7. The lowest BCUT2D eigenvalue weighted by Crippen LogP contribution is -2.63. The highest BCUT2D eigenvalue weighted by molar-refractivity contribution is 8.13. The molecule has 0 aromatic heterocycles. The molecule has 2 heterocycles. The van der Waals surface area contributed by atoms with Crippen molar-refractivity contribution in [3.05, 3.63) is 143 Å². The summed E-state index contributed by atoms with van der Waals surface area (Å²) in [7, 11) is -1.74. The fourth-order valence-corrected chi connectivity index (χ4v) is 10.5. The van der Waals surface area contributed by atoms with Crippen molar-refractivity contribution >= 4 is 53.4 Å². The Hall–Kier alpha value is -5.29. The summed E-state index contributed by atoms with van der Waals surface area (Å²) < 4.78 is 46.6. The van der Waals surface area contributed by atoms with Gasteiger partial charge in [-0.2, -0.15) is 0 Å². The van der Waals surface area contributed by atoms with Gasteiger partial charge in [-0.25, -0.2) is 21.6 Å². The third-order valence-electron chi connectivity index (χ3n) is 11.9. The molecular weight excluding hydrogens is 996 g/mol. The number of hydrogen-bond donors (Lipinski definition) is 8. The van der Waals surface area contributed by atoms with Gasteiger partial charge in [0.15, 0.2) is 0 Å². The van der Waals surface area contributed by atoms with Gasteiger partial charge in [-0.15, -0.1) is 0 Å². The fraction of sp³-hybridized carbons (Fsp3) is 0.462. The molecule has 2 aliphatic rings. The van der Waals surface area contributed by atoms with Crippen LogP contribution in [0.15, 0.2) is 109 Å². The van der Waals surface area contributed by atoms with E-state index in [0.29, 0.717) is 65.1 Å². The van der Waals surface area contributed by atoms with Crippen LogP contribution >= 0.6 is 10.7 Å². The Kier molecular flexibility index (Phi) is 24.9. The quantitative estimate of drug-likeness (QED) is 0.0527. The smallest absolute Gasteiger partial charge is 0.242 e. The predicted octanol–water partition coefficient (Wildman–Crippen LogP) is 2.44. The minimum atomic E-state index is -3.34. The van der Waals surface area contributed by atoms with Crippen LogP contribution in [0.4, 0.5) is 0 Å². The number of benzene rings is 4. The highest BCUT2D eigenvalue weighted by Gasteiger charge is 2.39. The van der Waals surface area contributed by atoms with E-state index in [9.17, 15) is 46.2 Å². The Morgan fingerprint density at radius 1 is 0.644 bits per heavy atom. The molecule has 4 aromatic carbocycles. The molecule has 0 spiro atoms. The third kappa shape index (κ3) is 21.2. The highest BCUT2D eigenvalue weighted by Crippen LogP contribution is 2.19. The zero-order valence-corrected chi connectivity index (χ0v) is 44.5. The maximum atomic E-state index is 13.2. The van der Waals surface area contributed by atoms with Gasteiger partial charge in [-0.05, 0) is 59.1 Å². The SMILES string of the molecule is CC(=O)N[C@@H](Cc1cccc(CN)c1)[C@H](O)[C@@H]1NCCN(Cc2ccccc2)C1=O.CCCS(=O)(=O)Cl.CCCS(=O)(=O)NCc1cccc(C[C@H](NC(C)=O)[C@H](O)[C@@H]2NCCN(Cc3ccccc3)C2=O)c1. The van der Waals surface area contributed by atoms with Gasteiger partial charge in [-0.1, -0.05) is 123 Å². The van der Waals surface area contributed by atoms with Gasteiger partial charge in [0.25, 0.3) is 0 Å². The lowest BCUT2D eigenvalue weighted by atomic mass is 9.93. The van der Waals surface area contributed by atoms with Gasteiger partial charge in [-0.3, -0.25) is 19.2 Å². The summed E-state index contributed by atoms with van der Waals surface area (Å²) in [6.45, 7) is 10.1. The van der Waals surface area contributed by atoms with Gasteiger partial charge >= 0.3 is 0 Å². The number of piperazine rings is 2. The standard InChI is InChI=1S/C26H36N4O5S.C23H30N4O3.C3H7ClO2S/c1-3-14-36(34,35)28-17-22-11-7-10-21(15-22)16-23(29-19(2)31)25(32)24-26(33)30(13-12-27-24)18-20-8-5-4-6-9-20;1-16(28)26-20(13-18-8-5-9-19(12-18)14-24)22(29)21-23(30)27(11-10-25-21)15-17-6-3-2-4-7-17;1-2-3-7(4,5)6/h4-11,15,23-25,27-28,32H,3,12-14,16-18H2,1-2H3,(H,29,31);2-9,12,20-22,25,29H,10-11,13-15,24H2,1H3,(H,26,28);2-3H2,1H3/t23-,24-,25-;20-,21-,22-;/m00./s1. The van der Waals surface area contributed by atoms with Crippen molar-refractivity contribution in [2.75, 3.05) is 37.7 Å². The van der Waals surface area contributed by atoms with Gasteiger partial charge < -0.3 is 47.0 Å². The van der Waals surface area contributed by atoms with Gasteiger partial charge in [0.1, 0.15) is 12.1 Å². The van der Waals surface area contributed by atoms with Crippen LogP contribution in [0.2, 0.25) is 0 Å². The van der Waals surface area contributed by atoms with E-state index in [1.807, 2.05) is 109 Å². The van der Waals surface area contributed by atoms with Crippen molar-refractivity contribution in [3.8, 4) is 0 Å². The Morgan fingerprint density at radius 3 is 1.42 bits per heavy atom. The van der Waals surface area contributed by atoms with Crippen LogP contribution in [0.3, 0.4) is 0 Å². The molecule has 9 N–H and O–H groups in total. The fourth-order valence-electron chi connectivity index (χ4n) is 8.49. The van der Waals surface area contributed by atoms with Crippen LogP contribution in [0, 0.1) is 0 Å². The first-order valence-electron chi connectivity index (χ1n) is 24.5. The van der Waals surface area contributed by atoms with Crippen LogP contribution in [-0.4, -0.2) is 135 Å². The van der Waals surface area contributed by atoms with Crippen molar-refractivity contribution in [1.29, 1.82) is 0 Å². The number of aliphatic hydroxyl groups is 2. The third-order valence-corrected chi connectivity index (χ3v) is 14.8. The van der Waals surface area contributed by atoms with E-state index in [4.69, 9.17) is 16.4 Å². The van der Waals surface area contributed by atoms with Crippen LogP contribution in [0.1, 0.15) is 73.9 Å². The molecule has 2 saturated heterocycles. The van der Waals surface area contributed by atoms with Crippen molar-refractivity contribution < 1.29 is 46.2 Å². The van der Waals surface area contributed by atoms with Crippen LogP contribution < -0.4 is 31.7 Å². The lowest BCUT2D eigenvalue weighted by Gasteiger charge is -2.38. The molecule has 0 unspecified atom stereocenters. The molecule has 0 aliphatic carbocycles. The molecule has 0 saturated carbocycles. The molecule has 2 fully saturated rings. The summed E-state index contributed by atoms with van der Waals surface area (Å²) in [5.41, 5.74) is 11.3. The molecule has 21 heteroatoms. The average Bonchev–Trinajstić information content (AvgIpc) is 3.34. The molecule has 4 aromatic rings. The first kappa shape index (κ1) is 60.3. The number of hydrogen-bond acceptors (Lipinski definition) is 13. The number of halogens is 1. The first-order valence-corrected chi connectivity index (χ1v) is 28.6. The number of nitrogens with zero attached hydrogens (tertiary/aromatic N) is 2. The van der Waals surface area contributed by atoms with E-state index >= 15 is 0 Å². The number of aliphatic hydroxyl groups excluding tert-OH is 2. The van der Waals surface area contributed by atoms with E-state index in [-0.39, 0.29) is 48.1 Å². The number of amides is 4. The molecule has 6 atom stereocenters. The molecular formula is C52H73ClN8O10S2. The molecule has 2 aliphatic heterocycles. The highest BCUT2D eigenvalue weighted by atomic mass is 35.7. The number of rotatable bonds is 22. The summed E-state index contributed by atoms with van der Waals surface area (Å²) >= 11 is 0.